The first-order valence-corrected chi connectivity index (χ1v) is 9.01. The Morgan fingerprint density at radius 2 is 1.80 bits per heavy atom. The minimum atomic E-state index is -0.0690. The summed E-state index contributed by atoms with van der Waals surface area (Å²) in [6, 6.07) is 0. The van der Waals surface area contributed by atoms with E-state index in [4.69, 9.17) is 4.74 Å². The molecule has 0 aromatic heterocycles. The maximum absolute atomic E-state index is 10.9. The summed E-state index contributed by atoms with van der Waals surface area (Å²) in [6.45, 7) is 3.23. The van der Waals surface area contributed by atoms with Gasteiger partial charge in [-0.25, -0.2) is 0 Å². The molecule has 3 rings (SSSR count). The fourth-order valence-electron chi connectivity index (χ4n) is 5.08. The predicted octanol–water partition coefficient (Wildman–Crippen LogP) is 4.30. The summed E-state index contributed by atoms with van der Waals surface area (Å²) < 4.78 is 6.18. The van der Waals surface area contributed by atoms with Gasteiger partial charge in [0.05, 0.1) is 11.7 Å². The Morgan fingerprint density at radius 1 is 1.00 bits per heavy atom. The number of aliphatic hydroxyl groups is 1. The van der Waals surface area contributed by atoms with Crippen molar-refractivity contribution in [1.29, 1.82) is 0 Å². The third-order valence-electron chi connectivity index (χ3n) is 6.24. The van der Waals surface area contributed by atoms with Gasteiger partial charge in [0.2, 0.25) is 0 Å². The Bertz CT molecular complexity index is 303. The molecule has 20 heavy (non-hydrogen) atoms. The van der Waals surface area contributed by atoms with Gasteiger partial charge in [0.1, 0.15) is 0 Å². The second-order valence-electron chi connectivity index (χ2n) is 7.87. The van der Waals surface area contributed by atoms with Crippen LogP contribution >= 0.6 is 0 Å². The number of hydrogen-bond acceptors (Lipinski definition) is 2. The molecule has 1 saturated heterocycles. The van der Waals surface area contributed by atoms with E-state index in [1.54, 1.807) is 0 Å². The molecular weight excluding hydrogens is 248 g/mol. The van der Waals surface area contributed by atoms with Crippen LogP contribution in [0.5, 0.6) is 0 Å². The van der Waals surface area contributed by atoms with Gasteiger partial charge in [-0.05, 0) is 56.3 Å². The predicted molar refractivity (Wildman–Crippen MR) is 81.6 cm³/mol. The van der Waals surface area contributed by atoms with E-state index in [1.807, 2.05) is 0 Å². The van der Waals surface area contributed by atoms with Crippen molar-refractivity contribution in [3.05, 3.63) is 0 Å². The van der Waals surface area contributed by atoms with Crippen LogP contribution in [0.1, 0.15) is 77.6 Å². The Hall–Kier alpha value is -0.0800. The van der Waals surface area contributed by atoms with Crippen molar-refractivity contribution >= 4 is 0 Å². The van der Waals surface area contributed by atoms with Crippen molar-refractivity contribution in [2.24, 2.45) is 17.8 Å². The minimum absolute atomic E-state index is 0.0690. The molecule has 1 spiro atoms. The molecular formula is C18H32O2. The second-order valence-corrected chi connectivity index (χ2v) is 7.87. The van der Waals surface area contributed by atoms with Gasteiger partial charge in [-0.1, -0.05) is 39.0 Å². The van der Waals surface area contributed by atoms with Gasteiger partial charge in [-0.3, -0.25) is 0 Å². The molecule has 1 aliphatic heterocycles. The quantitative estimate of drug-likeness (QED) is 0.817. The van der Waals surface area contributed by atoms with Gasteiger partial charge in [0, 0.05) is 6.61 Å². The Labute approximate surface area is 124 Å². The average Bonchev–Trinajstić information content (AvgIpc) is 2.47. The zero-order valence-corrected chi connectivity index (χ0v) is 13.2. The van der Waals surface area contributed by atoms with Crippen LogP contribution in [0.15, 0.2) is 0 Å². The van der Waals surface area contributed by atoms with E-state index >= 15 is 0 Å². The SMILES string of the molecule is CC1CCCC(C(O)C2CCOC3(CCCCC3)C2)C1. The molecule has 1 heterocycles. The zero-order valence-electron chi connectivity index (χ0n) is 13.2. The van der Waals surface area contributed by atoms with Gasteiger partial charge in [0.15, 0.2) is 0 Å². The molecule has 3 aliphatic rings. The van der Waals surface area contributed by atoms with Gasteiger partial charge in [-0.2, -0.15) is 0 Å². The van der Waals surface area contributed by atoms with Crippen molar-refractivity contribution in [3.8, 4) is 0 Å². The van der Waals surface area contributed by atoms with Crippen LogP contribution in [0.4, 0.5) is 0 Å². The van der Waals surface area contributed by atoms with Crippen LogP contribution in [-0.2, 0) is 4.74 Å². The van der Waals surface area contributed by atoms with Crippen molar-refractivity contribution < 1.29 is 9.84 Å². The lowest BCUT2D eigenvalue weighted by molar-refractivity contribution is -0.141. The fourth-order valence-corrected chi connectivity index (χ4v) is 5.08. The number of hydrogen-bond donors (Lipinski definition) is 1. The van der Waals surface area contributed by atoms with Crippen molar-refractivity contribution in [3.63, 3.8) is 0 Å². The standard InChI is InChI=1S/C18H32O2/c1-14-6-5-7-15(12-14)17(19)16-8-11-20-18(13-16)9-3-2-4-10-18/h14-17,19H,2-13H2,1H3. The van der Waals surface area contributed by atoms with Crippen molar-refractivity contribution in [2.75, 3.05) is 6.61 Å². The van der Waals surface area contributed by atoms with E-state index in [9.17, 15) is 5.11 Å². The molecule has 0 aromatic rings. The zero-order chi connectivity index (χ0) is 14.0. The molecule has 1 N–H and O–H groups in total. The first-order chi connectivity index (χ1) is 9.69. The summed E-state index contributed by atoms with van der Waals surface area (Å²) >= 11 is 0. The lowest BCUT2D eigenvalue weighted by atomic mass is 9.70. The number of rotatable bonds is 2. The molecule has 4 unspecified atom stereocenters. The summed E-state index contributed by atoms with van der Waals surface area (Å²) in [6.07, 6.45) is 13.8. The third kappa shape index (κ3) is 3.22. The van der Waals surface area contributed by atoms with E-state index in [-0.39, 0.29) is 11.7 Å². The molecule has 0 aromatic carbocycles. The first kappa shape index (κ1) is 14.8. The number of ether oxygens (including phenoxy) is 1. The summed E-state index contributed by atoms with van der Waals surface area (Å²) in [5.74, 6) is 1.87. The van der Waals surface area contributed by atoms with E-state index in [0.29, 0.717) is 11.8 Å². The van der Waals surface area contributed by atoms with E-state index in [1.165, 1.54) is 57.8 Å². The molecule has 0 bridgehead atoms. The minimum Gasteiger partial charge on any atom is -0.393 e. The van der Waals surface area contributed by atoms with Crippen LogP contribution < -0.4 is 0 Å². The van der Waals surface area contributed by atoms with Crippen molar-refractivity contribution in [2.45, 2.75) is 89.3 Å². The molecule has 3 fully saturated rings. The fraction of sp³-hybridized carbons (Fsp3) is 1.00. The van der Waals surface area contributed by atoms with Crippen LogP contribution in [0.3, 0.4) is 0 Å². The third-order valence-corrected chi connectivity index (χ3v) is 6.24. The monoisotopic (exact) mass is 280 g/mol. The molecule has 2 nitrogen and oxygen atoms in total. The van der Waals surface area contributed by atoms with Crippen LogP contribution in [-0.4, -0.2) is 23.4 Å². The molecule has 0 amide bonds. The maximum atomic E-state index is 10.9. The van der Waals surface area contributed by atoms with Crippen molar-refractivity contribution in [1.82, 2.24) is 0 Å². The maximum Gasteiger partial charge on any atom is 0.0686 e. The average molecular weight is 280 g/mol. The highest BCUT2D eigenvalue weighted by atomic mass is 16.5. The summed E-state index contributed by atoms with van der Waals surface area (Å²) in [5.41, 5.74) is 0.141. The molecule has 116 valence electrons. The Balaban J connectivity index is 1.60. The summed E-state index contributed by atoms with van der Waals surface area (Å²) in [7, 11) is 0. The highest BCUT2D eigenvalue weighted by Crippen LogP contribution is 2.44. The molecule has 2 saturated carbocycles. The van der Waals surface area contributed by atoms with Gasteiger partial charge in [-0.15, -0.1) is 0 Å². The van der Waals surface area contributed by atoms with Gasteiger partial charge >= 0.3 is 0 Å². The van der Waals surface area contributed by atoms with Gasteiger partial charge < -0.3 is 9.84 Å². The highest BCUT2D eigenvalue weighted by Gasteiger charge is 2.42. The lowest BCUT2D eigenvalue weighted by Crippen LogP contribution is -2.46. The molecule has 2 heteroatoms. The molecule has 4 atom stereocenters. The van der Waals surface area contributed by atoms with E-state index in [0.717, 1.165) is 25.4 Å². The number of aliphatic hydroxyl groups excluding tert-OH is 1. The molecule has 0 radical (unpaired) electrons. The van der Waals surface area contributed by atoms with Crippen LogP contribution in [0.25, 0.3) is 0 Å². The topological polar surface area (TPSA) is 29.5 Å². The Morgan fingerprint density at radius 3 is 2.55 bits per heavy atom. The summed E-state index contributed by atoms with van der Waals surface area (Å²) in [4.78, 5) is 0. The largest absolute Gasteiger partial charge is 0.393 e. The lowest BCUT2D eigenvalue weighted by Gasteiger charge is -2.46. The van der Waals surface area contributed by atoms with E-state index in [2.05, 4.69) is 6.92 Å². The van der Waals surface area contributed by atoms with Crippen LogP contribution in [0.2, 0.25) is 0 Å². The van der Waals surface area contributed by atoms with Gasteiger partial charge in [0.25, 0.3) is 0 Å². The normalized spacial score (nSPS) is 39.6. The summed E-state index contributed by atoms with van der Waals surface area (Å²) in [5, 5.41) is 10.9. The second kappa shape index (κ2) is 6.36. The molecule has 2 aliphatic carbocycles. The smallest absolute Gasteiger partial charge is 0.0686 e. The highest BCUT2D eigenvalue weighted by molar-refractivity contribution is 4.93. The van der Waals surface area contributed by atoms with Crippen LogP contribution in [0, 0.1) is 17.8 Å². The first-order valence-electron chi connectivity index (χ1n) is 9.01. The van der Waals surface area contributed by atoms with E-state index < -0.39 is 0 Å². The Kier molecular flexibility index (Phi) is 4.72.